The molecule has 2 heterocycles. The molecule has 0 spiro atoms. The molecule has 0 radical (unpaired) electrons. The van der Waals surface area contributed by atoms with Gasteiger partial charge in [-0.2, -0.15) is 0 Å². The van der Waals surface area contributed by atoms with Crippen molar-refractivity contribution >= 4 is 27.6 Å². The van der Waals surface area contributed by atoms with Crippen LogP contribution in [0.1, 0.15) is 5.56 Å². The molecule has 0 saturated carbocycles. The molecule has 0 bridgehead atoms. The first-order chi connectivity index (χ1) is 9.78. The number of nitrogens with zero attached hydrogens (tertiary/aromatic N) is 2. The van der Waals surface area contributed by atoms with E-state index in [4.69, 9.17) is 4.74 Å². The van der Waals surface area contributed by atoms with Crippen LogP contribution in [0.4, 0.5) is 11.6 Å². The van der Waals surface area contributed by atoms with E-state index in [1.807, 2.05) is 25.2 Å². The maximum atomic E-state index is 5.89. The predicted octanol–water partition coefficient (Wildman–Crippen LogP) is 2.70. The number of fused-ring (bicyclic) bond motifs is 1. The molecule has 3 rings (SSSR count). The first-order valence-electron chi connectivity index (χ1n) is 6.44. The van der Waals surface area contributed by atoms with Crippen LogP contribution in [-0.2, 0) is 6.42 Å². The zero-order valence-electron chi connectivity index (χ0n) is 11.1. The molecule has 5 nitrogen and oxygen atoms in total. The van der Waals surface area contributed by atoms with Crippen LogP contribution in [0.2, 0.25) is 0 Å². The Morgan fingerprint density at radius 2 is 2.10 bits per heavy atom. The van der Waals surface area contributed by atoms with Crippen LogP contribution >= 0.6 is 15.9 Å². The number of nitrogens with one attached hydrogen (secondary N) is 2. The SMILES string of the molecule is CNc1ncnc(NCC2Cc3ccccc3O2)c1Br. The quantitative estimate of drug-likeness (QED) is 0.900. The molecule has 6 heteroatoms. The lowest BCUT2D eigenvalue weighted by molar-refractivity contribution is 0.246. The molecule has 1 unspecified atom stereocenters. The van der Waals surface area contributed by atoms with E-state index in [2.05, 4.69) is 42.6 Å². The highest BCUT2D eigenvalue weighted by Crippen LogP contribution is 2.29. The third kappa shape index (κ3) is 2.56. The fourth-order valence-electron chi connectivity index (χ4n) is 2.25. The first kappa shape index (κ1) is 13.2. The van der Waals surface area contributed by atoms with Crippen molar-refractivity contribution in [1.82, 2.24) is 9.97 Å². The van der Waals surface area contributed by atoms with E-state index >= 15 is 0 Å². The molecule has 0 aliphatic carbocycles. The summed E-state index contributed by atoms with van der Waals surface area (Å²) < 4.78 is 6.72. The Hall–Kier alpha value is -1.82. The van der Waals surface area contributed by atoms with Gasteiger partial charge in [0.05, 0.1) is 6.54 Å². The van der Waals surface area contributed by atoms with Gasteiger partial charge < -0.3 is 15.4 Å². The van der Waals surface area contributed by atoms with Crippen LogP contribution in [-0.4, -0.2) is 29.7 Å². The number of benzene rings is 1. The van der Waals surface area contributed by atoms with Gasteiger partial charge in [0.25, 0.3) is 0 Å². The fraction of sp³-hybridized carbons (Fsp3) is 0.286. The zero-order chi connectivity index (χ0) is 13.9. The van der Waals surface area contributed by atoms with E-state index < -0.39 is 0 Å². The highest BCUT2D eigenvalue weighted by molar-refractivity contribution is 9.10. The summed E-state index contributed by atoms with van der Waals surface area (Å²) in [6.07, 6.45) is 2.58. The normalized spacial score (nSPS) is 16.4. The Labute approximate surface area is 125 Å². The zero-order valence-corrected chi connectivity index (χ0v) is 12.6. The molecular formula is C14H15BrN4O. The minimum atomic E-state index is 0.132. The lowest BCUT2D eigenvalue weighted by Gasteiger charge is -2.14. The van der Waals surface area contributed by atoms with Crippen LogP contribution < -0.4 is 15.4 Å². The van der Waals surface area contributed by atoms with Gasteiger partial charge in [0.1, 0.15) is 34.3 Å². The summed E-state index contributed by atoms with van der Waals surface area (Å²) in [5, 5.41) is 6.31. The second kappa shape index (κ2) is 5.66. The maximum absolute atomic E-state index is 5.89. The van der Waals surface area contributed by atoms with Gasteiger partial charge >= 0.3 is 0 Å². The predicted molar refractivity (Wildman–Crippen MR) is 82.3 cm³/mol. The fourth-order valence-corrected chi connectivity index (χ4v) is 2.79. The van der Waals surface area contributed by atoms with Gasteiger partial charge in [-0.05, 0) is 27.6 Å². The summed E-state index contributed by atoms with van der Waals surface area (Å²) in [4.78, 5) is 8.36. The van der Waals surface area contributed by atoms with E-state index in [1.165, 1.54) is 11.9 Å². The monoisotopic (exact) mass is 334 g/mol. The van der Waals surface area contributed by atoms with Crippen molar-refractivity contribution in [1.29, 1.82) is 0 Å². The topological polar surface area (TPSA) is 59.1 Å². The highest BCUT2D eigenvalue weighted by atomic mass is 79.9. The number of hydrogen-bond donors (Lipinski definition) is 2. The van der Waals surface area contributed by atoms with Crippen molar-refractivity contribution in [2.24, 2.45) is 0 Å². The van der Waals surface area contributed by atoms with E-state index in [9.17, 15) is 0 Å². The second-order valence-electron chi connectivity index (χ2n) is 4.57. The molecule has 0 saturated heterocycles. The van der Waals surface area contributed by atoms with Gasteiger partial charge in [-0.1, -0.05) is 18.2 Å². The summed E-state index contributed by atoms with van der Waals surface area (Å²) in [6, 6.07) is 8.15. The summed E-state index contributed by atoms with van der Waals surface area (Å²) >= 11 is 3.49. The van der Waals surface area contributed by atoms with Crippen LogP contribution in [0.3, 0.4) is 0 Å². The van der Waals surface area contributed by atoms with Gasteiger partial charge in [-0.3, -0.25) is 0 Å². The Bertz CT molecular complexity index is 595. The first-order valence-corrected chi connectivity index (χ1v) is 7.24. The second-order valence-corrected chi connectivity index (χ2v) is 5.36. The minimum absolute atomic E-state index is 0.132. The lowest BCUT2D eigenvalue weighted by atomic mass is 10.1. The molecule has 20 heavy (non-hydrogen) atoms. The molecule has 2 aromatic rings. The molecule has 1 aliphatic heterocycles. The van der Waals surface area contributed by atoms with Gasteiger partial charge in [0, 0.05) is 13.5 Å². The number of hydrogen-bond acceptors (Lipinski definition) is 5. The Kier molecular flexibility index (Phi) is 3.73. The Morgan fingerprint density at radius 3 is 2.90 bits per heavy atom. The number of aromatic nitrogens is 2. The van der Waals surface area contributed by atoms with E-state index in [0.29, 0.717) is 6.54 Å². The molecule has 1 atom stereocenters. The van der Waals surface area contributed by atoms with Crippen molar-refractivity contribution < 1.29 is 4.74 Å². The van der Waals surface area contributed by atoms with Gasteiger partial charge in [-0.15, -0.1) is 0 Å². The Balaban J connectivity index is 1.64. The van der Waals surface area contributed by atoms with Crippen molar-refractivity contribution in [2.75, 3.05) is 24.2 Å². The minimum Gasteiger partial charge on any atom is -0.488 e. The van der Waals surface area contributed by atoms with E-state index in [1.54, 1.807) is 0 Å². The molecular weight excluding hydrogens is 320 g/mol. The lowest BCUT2D eigenvalue weighted by Crippen LogP contribution is -2.24. The summed E-state index contributed by atoms with van der Waals surface area (Å²) in [5.41, 5.74) is 1.26. The third-order valence-corrected chi connectivity index (χ3v) is 3.99. The highest BCUT2D eigenvalue weighted by Gasteiger charge is 2.22. The summed E-state index contributed by atoms with van der Waals surface area (Å²) in [7, 11) is 1.83. The van der Waals surface area contributed by atoms with Crippen molar-refractivity contribution in [3.8, 4) is 5.75 Å². The van der Waals surface area contributed by atoms with Crippen molar-refractivity contribution in [2.45, 2.75) is 12.5 Å². The molecule has 0 amide bonds. The average molecular weight is 335 g/mol. The number of halogens is 1. The summed E-state index contributed by atoms with van der Waals surface area (Å²) in [5.74, 6) is 2.51. The molecule has 104 valence electrons. The number of rotatable bonds is 4. The van der Waals surface area contributed by atoms with Gasteiger partial charge in [0.15, 0.2) is 0 Å². The Morgan fingerprint density at radius 1 is 1.30 bits per heavy atom. The van der Waals surface area contributed by atoms with Crippen LogP contribution in [0, 0.1) is 0 Å². The number of anilines is 2. The number of ether oxygens (including phenoxy) is 1. The van der Waals surface area contributed by atoms with Crippen LogP contribution in [0.25, 0.3) is 0 Å². The molecule has 2 N–H and O–H groups in total. The molecule has 1 aliphatic rings. The van der Waals surface area contributed by atoms with E-state index in [-0.39, 0.29) is 6.10 Å². The average Bonchev–Trinajstić information content (AvgIpc) is 2.89. The molecule has 1 aromatic carbocycles. The smallest absolute Gasteiger partial charge is 0.146 e. The molecule has 1 aromatic heterocycles. The summed E-state index contributed by atoms with van der Waals surface area (Å²) in [6.45, 7) is 0.702. The van der Waals surface area contributed by atoms with Crippen LogP contribution in [0.15, 0.2) is 35.1 Å². The third-order valence-electron chi connectivity index (χ3n) is 3.24. The van der Waals surface area contributed by atoms with Crippen LogP contribution in [0.5, 0.6) is 5.75 Å². The van der Waals surface area contributed by atoms with Gasteiger partial charge in [0.2, 0.25) is 0 Å². The maximum Gasteiger partial charge on any atom is 0.146 e. The van der Waals surface area contributed by atoms with Crippen molar-refractivity contribution in [3.63, 3.8) is 0 Å². The van der Waals surface area contributed by atoms with Crippen molar-refractivity contribution in [3.05, 3.63) is 40.6 Å². The van der Waals surface area contributed by atoms with Gasteiger partial charge in [-0.25, -0.2) is 9.97 Å². The molecule has 0 fully saturated rings. The van der Waals surface area contributed by atoms with E-state index in [0.717, 1.165) is 28.3 Å². The standard InChI is InChI=1S/C14H15BrN4O/c1-16-13-12(15)14(19-8-18-13)17-7-10-6-9-4-2-3-5-11(9)20-10/h2-5,8,10H,6-7H2,1H3,(H2,16,17,18,19). The number of para-hydroxylation sites is 1. The largest absolute Gasteiger partial charge is 0.488 e.